The van der Waals surface area contributed by atoms with Gasteiger partial charge >= 0.3 is 0 Å². The number of aromatic nitrogens is 1. The zero-order valence-corrected chi connectivity index (χ0v) is 20.0. The standard InChI is InChI=1S/C31H32N2O/c1-3-33(4-2)23-24-34-28-20-18-27(19-21-28)30(25-13-7-5-8-14-25)31(26-15-9-6-10-16-26)29-17-11-12-22-32-29/h5-22H,3-4,23-24H2,1-2H3/b31-30+. The maximum absolute atomic E-state index is 6.04. The van der Waals surface area contributed by atoms with Gasteiger partial charge in [0.1, 0.15) is 12.4 Å². The quantitative estimate of drug-likeness (QED) is 0.249. The van der Waals surface area contributed by atoms with Gasteiger partial charge in [0.2, 0.25) is 0 Å². The van der Waals surface area contributed by atoms with E-state index in [9.17, 15) is 0 Å². The first-order valence-electron chi connectivity index (χ1n) is 12.0. The van der Waals surface area contributed by atoms with Crippen LogP contribution >= 0.6 is 0 Å². The molecule has 0 aliphatic carbocycles. The Morgan fingerprint density at radius 2 is 1.21 bits per heavy atom. The van der Waals surface area contributed by atoms with Crippen molar-refractivity contribution in [2.45, 2.75) is 13.8 Å². The van der Waals surface area contributed by atoms with Crippen molar-refractivity contribution < 1.29 is 4.74 Å². The second-order valence-corrected chi connectivity index (χ2v) is 8.10. The smallest absolute Gasteiger partial charge is 0.119 e. The molecule has 0 spiro atoms. The second-order valence-electron chi connectivity index (χ2n) is 8.10. The zero-order valence-electron chi connectivity index (χ0n) is 20.0. The first kappa shape index (κ1) is 23.5. The summed E-state index contributed by atoms with van der Waals surface area (Å²) >= 11 is 0. The van der Waals surface area contributed by atoms with Crippen molar-refractivity contribution in [2.75, 3.05) is 26.2 Å². The molecule has 0 saturated heterocycles. The molecule has 0 aliphatic heterocycles. The molecule has 3 aromatic carbocycles. The van der Waals surface area contributed by atoms with Crippen LogP contribution in [0.4, 0.5) is 0 Å². The number of rotatable bonds is 10. The van der Waals surface area contributed by atoms with E-state index in [1.165, 1.54) is 0 Å². The van der Waals surface area contributed by atoms with Gasteiger partial charge in [-0.3, -0.25) is 4.98 Å². The molecule has 1 aromatic heterocycles. The predicted octanol–water partition coefficient (Wildman–Crippen LogP) is 6.81. The summed E-state index contributed by atoms with van der Waals surface area (Å²) in [5.41, 5.74) is 6.64. The summed E-state index contributed by atoms with van der Waals surface area (Å²) in [5.74, 6) is 0.891. The predicted molar refractivity (Wildman–Crippen MR) is 142 cm³/mol. The van der Waals surface area contributed by atoms with E-state index < -0.39 is 0 Å². The van der Waals surface area contributed by atoms with E-state index in [0.717, 1.165) is 58.9 Å². The molecule has 172 valence electrons. The highest BCUT2D eigenvalue weighted by molar-refractivity contribution is 6.03. The van der Waals surface area contributed by atoms with Crippen LogP contribution in [-0.2, 0) is 0 Å². The van der Waals surface area contributed by atoms with Gasteiger partial charge in [0.15, 0.2) is 0 Å². The van der Waals surface area contributed by atoms with Crippen molar-refractivity contribution in [3.63, 3.8) is 0 Å². The van der Waals surface area contributed by atoms with Crippen LogP contribution in [0.1, 0.15) is 36.2 Å². The van der Waals surface area contributed by atoms with Crippen molar-refractivity contribution >= 4 is 11.1 Å². The maximum atomic E-state index is 6.04. The van der Waals surface area contributed by atoms with Crippen molar-refractivity contribution in [2.24, 2.45) is 0 Å². The molecule has 3 heteroatoms. The molecule has 34 heavy (non-hydrogen) atoms. The van der Waals surface area contributed by atoms with Crippen LogP contribution < -0.4 is 4.74 Å². The van der Waals surface area contributed by atoms with E-state index in [4.69, 9.17) is 9.72 Å². The number of hydrogen-bond donors (Lipinski definition) is 0. The highest BCUT2D eigenvalue weighted by atomic mass is 16.5. The Hall–Kier alpha value is -3.69. The average molecular weight is 449 g/mol. The van der Waals surface area contributed by atoms with Crippen LogP contribution in [-0.4, -0.2) is 36.1 Å². The highest BCUT2D eigenvalue weighted by Gasteiger charge is 2.17. The van der Waals surface area contributed by atoms with Gasteiger partial charge < -0.3 is 9.64 Å². The molecule has 1 heterocycles. The Morgan fingerprint density at radius 1 is 0.647 bits per heavy atom. The molecule has 0 fully saturated rings. The Morgan fingerprint density at radius 3 is 1.76 bits per heavy atom. The lowest BCUT2D eigenvalue weighted by atomic mass is 9.87. The first-order valence-corrected chi connectivity index (χ1v) is 12.0. The summed E-state index contributed by atoms with van der Waals surface area (Å²) in [7, 11) is 0. The highest BCUT2D eigenvalue weighted by Crippen LogP contribution is 2.36. The van der Waals surface area contributed by atoms with Crippen LogP contribution in [0.2, 0.25) is 0 Å². The van der Waals surface area contributed by atoms with Crippen molar-refractivity contribution in [3.05, 3.63) is 132 Å². The lowest BCUT2D eigenvalue weighted by molar-refractivity contribution is 0.223. The fourth-order valence-electron chi connectivity index (χ4n) is 4.15. The van der Waals surface area contributed by atoms with Gasteiger partial charge in [0, 0.05) is 18.3 Å². The van der Waals surface area contributed by atoms with Gasteiger partial charge in [-0.15, -0.1) is 0 Å². The number of nitrogens with zero attached hydrogens (tertiary/aromatic N) is 2. The molecule has 0 radical (unpaired) electrons. The molecule has 0 saturated carbocycles. The number of pyridine rings is 1. The third-order valence-electron chi connectivity index (χ3n) is 6.01. The molecule has 4 rings (SSSR count). The molecule has 0 aliphatic rings. The second kappa shape index (κ2) is 12.0. The number of ether oxygens (including phenoxy) is 1. The fourth-order valence-corrected chi connectivity index (χ4v) is 4.15. The lowest BCUT2D eigenvalue weighted by Crippen LogP contribution is -2.27. The van der Waals surface area contributed by atoms with E-state index >= 15 is 0 Å². The lowest BCUT2D eigenvalue weighted by Gasteiger charge is -2.19. The Bertz CT molecular complexity index is 1130. The molecule has 4 aromatic rings. The van der Waals surface area contributed by atoms with Gasteiger partial charge in [0.05, 0.1) is 5.69 Å². The zero-order chi connectivity index (χ0) is 23.6. The van der Waals surface area contributed by atoms with Gasteiger partial charge in [-0.2, -0.15) is 0 Å². The van der Waals surface area contributed by atoms with Crippen LogP contribution in [0, 0.1) is 0 Å². The minimum Gasteiger partial charge on any atom is -0.492 e. The summed E-state index contributed by atoms with van der Waals surface area (Å²) in [6, 6.07) is 35.6. The molecule has 0 bridgehead atoms. The monoisotopic (exact) mass is 448 g/mol. The van der Waals surface area contributed by atoms with E-state index in [-0.39, 0.29) is 0 Å². The van der Waals surface area contributed by atoms with Crippen molar-refractivity contribution in [1.29, 1.82) is 0 Å². The normalized spacial score (nSPS) is 11.9. The van der Waals surface area contributed by atoms with Crippen LogP contribution in [0.5, 0.6) is 5.75 Å². The van der Waals surface area contributed by atoms with E-state index in [1.807, 2.05) is 24.4 Å². The fraction of sp³-hybridized carbons (Fsp3) is 0.194. The van der Waals surface area contributed by atoms with E-state index in [1.54, 1.807) is 0 Å². The van der Waals surface area contributed by atoms with E-state index in [0.29, 0.717) is 6.61 Å². The van der Waals surface area contributed by atoms with Gasteiger partial charge in [-0.1, -0.05) is 92.7 Å². The molecule has 0 unspecified atom stereocenters. The SMILES string of the molecule is CCN(CC)CCOc1ccc(/C(=C(\c2ccccc2)c2ccccn2)c2ccccc2)cc1. The van der Waals surface area contributed by atoms with Crippen LogP contribution in [0.25, 0.3) is 11.1 Å². The molecule has 0 amide bonds. The summed E-state index contributed by atoms with van der Waals surface area (Å²) in [5, 5.41) is 0. The van der Waals surface area contributed by atoms with E-state index in [2.05, 4.69) is 104 Å². The van der Waals surface area contributed by atoms with Gasteiger partial charge in [-0.05, 0) is 59.6 Å². The number of benzene rings is 3. The van der Waals surface area contributed by atoms with Crippen molar-refractivity contribution in [3.8, 4) is 5.75 Å². The maximum Gasteiger partial charge on any atom is 0.119 e. The minimum absolute atomic E-state index is 0.686. The summed E-state index contributed by atoms with van der Waals surface area (Å²) < 4.78 is 6.04. The van der Waals surface area contributed by atoms with Gasteiger partial charge in [-0.25, -0.2) is 0 Å². The molecular weight excluding hydrogens is 416 g/mol. The Balaban J connectivity index is 1.77. The first-order chi connectivity index (χ1) is 16.8. The summed E-state index contributed by atoms with van der Waals surface area (Å²) in [6.07, 6.45) is 1.85. The Kier molecular flexibility index (Phi) is 8.26. The largest absolute Gasteiger partial charge is 0.492 e. The number of hydrogen-bond acceptors (Lipinski definition) is 3. The third-order valence-corrected chi connectivity index (χ3v) is 6.01. The van der Waals surface area contributed by atoms with Crippen LogP contribution in [0.15, 0.2) is 109 Å². The summed E-state index contributed by atoms with van der Waals surface area (Å²) in [4.78, 5) is 7.10. The minimum atomic E-state index is 0.686. The Labute approximate surface area is 203 Å². The molecule has 0 atom stereocenters. The average Bonchev–Trinajstić information content (AvgIpc) is 2.92. The summed E-state index contributed by atoms with van der Waals surface area (Å²) in [6.45, 7) is 8.07. The number of likely N-dealkylation sites (N-methyl/N-ethyl adjacent to an activating group) is 1. The molecule has 3 nitrogen and oxygen atoms in total. The van der Waals surface area contributed by atoms with Crippen molar-refractivity contribution in [1.82, 2.24) is 9.88 Å². The topological polar surface area (TPSA) is 25.4 Å². The van der Waals surface area contributed by atoms with Gasteiger partial charge in [0.25, 0.3) is 0 Å². The van der Waals surface area contributed by atoms with Crippen LogP contribution in [0.3, 0.4) is 0 Å². The third kappa shape index (κ3) is 5.81. The molecular formula is C31H32N2O. The molecule has 0 N–H and O–H groups in total.